The van der Waals surface area contributed by atoms with Crippen LogP contribution in [0.2, 0.25) is 0 Å². The Balaban J connectivity index is 2.51. The van der Waals surface area contributed by atoms with Crippen LogP contribution >= 0.6 is 0 Å². The van der Waals surface area contributed by atoms with Crippen LogP contribution in [0.1, 0.15) is 31.4 Å². The van der Waals surface area contributed by atoms with Gasteiger partial charge in [-0.15, -0.1) is 0 Å². The Morgan fingerprint density at radius 3 is 2.42 bits per heavy atom. The largest absolute Gasteiger partial charge is 0.388 e. The van der Waals surface area contributed by atoms with Gasteiger partial charge in [-0.1, -0.05) is 19.1 Å². The second-order valence-corrected chi connectivity index (χ2v) is 6.26. The Labute approximate surface area is 115 Å². The molecule has 108 valence electrons. The summed E-state index contributed by atoms with van der Waals surface area (Å²) in [7, 11) is -3.25. The van der Waals surface area contributed by atoms with Crippen LogP contribution < -0.4 is 10.0 Å². The van der Waals surface area contributed by atoms with Crippen LogP contribution in [0.25, 0.3) is 0 Å². The van der Waals surface area contributed by atoms with Crippen LogP contribution in [0.5, 0.6) is 0 Å². The van der Waals surface area contributed by atoms with Crippen molar-refractivity contribution in [3.8, 4) is 0 Å². The van der Waals surface area contributed by atoms with Crippen molar-refractivity contribution in [2.45, 2.75) is 25.9 Å². The molecule has 0 aromatic heterocycles. The van der Waals surface area contributed by atoms with Gasteiger partial charge in [0.05, 0.1) is 12.4 Å². The van der Waals surface area contributed by atoms with Gasteiger partial charge in [0.2, 0.25) is 10.0 Å². The van der Waals surface area contributed by atoms with Gasteiger partial charge in [0, 0.05) is 5.69 Å². The van der Waals surface area contributed by atoms with Crippen LogP contribution in [0, 0.1) is 0 Å². The zero-order valence-electron chi connectivity index (χ0n) is 11.4. The molecule has 0 amide bonds. The number of aliphatic hydroxyl groups excluding tert-OH is 1. The minimum Gasteiger partial charge on any atom is -0.388 e. The SMILES string of the molecule is CCNCCCC(O)c1ccc(NS(C)(=O)=O)cc1. The number of aliphatic hydroxyl groups is 1. The Morgan fingerprint density at radius 1 is 1.26 bits per heavy atom. The summed E-state index contributed by atoms with van der Waals surface area (Å²) in [6, 6.07) is 6.80. The molecule has 0 fully saturated rings. The van der Waals surface area contributed by atoms with Crippen molar-refractivity contribution in [2.24, 2.45) is 0 Å². The topological polar surface area (TPSA) is 78.4 Å². The van der Waals surface area contributed by atoms with E-state index in [1.165, 1.54) is 0 Å². The molecule has 1 rings (SSSR count). The molecule has 3 N–H and O–H groups in total. The van der Waals surface area contributed by atoms with E-state index in [-0.39, 0.29) is 0 Å². The lowest BCUT2D eigenvalue weighted by atomic mass is 10.0. The third-order valence-electron chi connectivity index (χ3n) is 2.68. The summed E-state index contributed by atoms with van der Waals surface area (Å²) in [6.45, 7) is 3.87. The fourth-order valence-electron chi connectivity index (χ4n) is 1.75. The summed E-state index contributed by atoms with van der Waals surface area (Å²) in [4.78, 5) is 0. The quantitative estimate of drug-likeness (QED) is 0.633. The molecule has 6 heteroatoms. The van der Waals surface area contributed by atoms with E-state index in [0.717, 1.165) is 31.3 Å². The maximum absolute atomic E-state index is 11.1. The Kier molecular flexibility index (Phi) is 6.27. The van der Waals surface area contributed by atoms with Crippen molar-refractivity contribution in [2.75, 3.05) is 24.1 Å². The highest BCUT2D eigenvalue weighted by atomic mass is 32.2. The summed E-state index contributed by atoms with van der Waals surface area (Å²) in [5.74, 6) is 0. The van der Waals surface area contributed by atoms with E-state index in [2.05, 4.69) is 10.0 Å². The van der Waals surface area contributed by atoms with E-state index < -0.39 is 16.1 Å². The van der Waals surface area contributed by atoms with Crippen molar-refractivity contribution < 1.29 is 13.5 Å². The van der Waals surface area contributed by atoms with E-state index >= 15 is 0 Å². The maximum atomic E-state index is 11.1. The summed E-state index contributed by atoms with van der Waals surface area (Å²) in [6.07, 6.45) is 2.19. The molecule has 0 heterocycles. The van der Waals surface area contributed by atoms with Crippen molar-refractivity contribution in [3.63, 3.8) is 0 Å². The molecule has 0 aliphatic rings. The number of nitrogens with one attached hydrogen (secondary N) is 2. The highest BCUT2D eigenvalue weighted by Gasteiger charge is 2.08. The van der Waals surface area contributed by atoms with Crippen molar-refractivity contribution in [3.05, 3.63) is 29.8 Å². The Bertz CT molecular complexity index is 471. The van der Waals surface area contributed by atoms with Crippen LogP contribution in [0.3, 0.4) is 0 Å². The van der Waals surface area contributed by atoms with Gasteiger partial charge in [0.25, 0.3) is 0 Å². The lowest BCUT2D eigenvalue weighted by Gasteiger charge is -2.12. The number of anilines is 1. The average Bonchev–Trinajstić information content (AvgIpc) is 2.33. The molecule has 1 aromatic carbocycles. The van der Waals surface area contributed by atoms with E-state index in [1.54, 1.807) is 24.3 Å². The highest BCUT2D eigenvalue weighted by molar-refractivity contribution is 7.92. The fraction of sp³-hybridized carbons (Fsp3) is 0.538. The van der Waals surface area contributed by atoms with Gasteiger partial charge in [-0.3, -0.25) is 4.72 Å². The molecular formula is C13H22N2O3S. The molecular weight excluding hydrogens is 264 g/mol. The van der Waals surface area contributed by atoms with Crippen LogP contribution in [-0.4, -0.2) is 32.9 Å². The van der Waals surface area contributed by atoms with E-state index in [1.807, 2.05) is 6.92 Å². The monoisotopic (exact) mass is 286 g/mol. The molecule has 5 nitrogen and oxygen atoms in total. The predicted molar refractivity (Wildman–Crippen MR) is 77.6 cm³/mol. The van der Waals surface area contributed by atoms with Crippen LogP contribution in [0.15, 0.2) is 24.3 Å². The zero-order chi connectivity index (χ0) is 14.3. The minimum atomic E-state index is -3.25. The van der Waals surface area contributed by atoms with E-state index in [9.17, 15) is 13.5 Å². The second kappa shape index (κ2) is 7.47. The molecule has 0 aliphatic carbocycles. The lowest BCUT2D eigenvalue weighted by Crippen LogP contribution is -2.14. The fourth-order valence-corrected chi connectivity index (χ4v) is 2.32. The summed E-state index contributed by atoms with van der Waals surface area (Å²) >= 11 is 0. The molecule has 1 atom stereocenters. The van der Waals surface area contributed by atoms with Crippen molar-refractivity contribution in [1.82, 2.24) is 5.32 Å². The standard InChI is InChI=1S/C13H22N2O3S/c1-3-14-10-4-5-13(16)11-6-8-12(9-7-11)15-19(2,17)18/h6-9,13-16H,3-5,10H2,1-2H3. The first-order chi connectivity index (χ1) is 8.92. The number of hydrogen-bond acceptors (Lipinski definition) is 4. The molecule has 1 aromatic rings. The smallest absolute Gasteiger partial charge is 0.229 e. The van der Waals surface area contributed by atoms with Crippen LogP contribution in [-0.2, 0) is 10.0 Å². The van der Waals surface area contributed by atoms with Crippen molar-refractivity contribution >= 4 is 15.7 Å². The number of hydrogen-bond donors (Lipinski definition) is 3. The number of sulfonamides is 1. The summed E-state index contributed by atoms with van der Waals surface area (Å²) in [5.41, 5.74) is 1.31. The highest BCUT2D eigenvalue weighted by Crippen LogP contribution is 2.20. The molecule has 0 saturated heterocycles. The van der Waals surface area contributed by atoms with Gasteiger partial charge >= 0.3 is 0 Å². The third kappa shape index (κ3) is 6.56. The first-order valence-electron chi connectivity index (χ1n) is 6.39. The van der Waals surface area contributed by atoms with Gasteiger partial charge in [0.1, 0.15) is 0 Å². The van der Waals surface area contributed by atoms with Gasteiger partial charge < -0.3 is 10.4 Å². The number of rotatable bonds is 8. The predicted octanol–water partition coefficient (Wildman–Crippen LogP) is 1.48. The normalized spacial score (nSPS) is 13.2. The third-order valence-corrected chi connectivity index (χ3v) is 3.29. The maximum Gasteiger partial charge on any atom is 0.229 e. The first kappa shape index (κ1) is 15.9. The molecule has 19 heavy (non-hydrogen) atoms. The molecule has 0 saturated carbocycles. The van der Waals surface area contributed by atoms with Gasteiger partial charge in [0.15, 0.2) is 0 Å². The molecule has 0 spiro atoms. The lowest BCUT2D eigenvalue weighted by molar-refractivity contribution is 0.164. The second-order valence-electron chi connectivity index (χ2n) is 4.51. The summed E-state index contributed by atoms with van der Waals surface area (Å²) in [5, 5.41) is 13.2. The first-order valence-corrected chi connectivity index (χ1v) is 8.28. The average molecular weight is 286 g/mol. The van der Waals surface area contributed by atoms with Gasteiger partial charge in [-0.05, 0) is 43.6 Å². The minimum absolute atomic E-state index is 0.506. The van der Waals surface area contributed by atoms with E-state index in [4.69, 9.17) is 0 Å². The van der Waals surface area contributed by atoms with Gasteiger partial charge in [-0.25, -0.2) is 8.42 Å². The molecule has 0 bridgehead atoms. The van der Waals surface area contributed by atoms with Gasteiger partial charge in [-0.2, -0.15) is 0 Å². The Morgan fingerprint density at radius 2 is 1.89 bits per heavy atom. The molecule has 0 aliphatic heterocycles. The van der Waals surface area contributed by atoms with E-state index in [0.29, 0.717) is 12.1 Å². The van der Waals surface area contributed by atoms with Crippen LogP contribution in [0.4, 0.5) is 5.69 Å². The number of benzene rings is 1. The Hall–Kier alpha value is -1.11. The molecule has 0 radical (unpaired) electrons. The van der Waals surface area contributed by atoms with Crippen molar-refractivity contribution in [1.29, 1.82) is 0 Å². The molecule has 1 unspecified atom stereocenters. The zero-order valence-corrected chi connectivity index (χ0v) is 12.2. The summed E-state index contributed by atoms with van der Waals surface area (Å²) < 4.78 is 24.5.